The molecule has 1 aromatic heterocycles. The Kier molecular flexibility index (Phi) is 2.67. The third kappa shape index (κ3) is 1.73. The molecular formula is C8H5Cl2N3S. The molecule has 0 aliphatic heterocycles. The van der Waals surface area contributed by atoms with Crippen molar-refractivity contribution >= 4 is 35.8 Å². The smallest absolute Gasteiger partial charge is 0.192 e. The van der Waals surface area contributed by atoms with Crippen LogP contribution in [0.3, 0.4) is 0 Å². The fraction of sp³-hybridized carbons (Fsp3) is 0. The minimum Gasteiger partial charge on any atom is -0.277 e. The van der Waals surface area contributed by atoms with Crippen molar-refractivity contribution in [1.29, 1.82) is 0 Å². The molecule has 2 aromatic rings. The number of rotatable bonds is 1. The predicted molar refractivity (Wildman–Crippen MR) is 58.6 cm³/mol. The summed E-state index contributed by atoms with van der Waals surface area (Å²) in [5.41, 5.74) is 0.828. The highest BCUT2D eigenvalue weighted by Gasteiger charge is 2.04. The maximum Gasteiger partial charge on any atom is 0.192 e. The summed E-state index contributed by atoms with van der Waals surface area (Å²) in [4.78, 5) is 0. The molecule has 0 spiro atoms. The summed E-state index contributed by atoms with van der Waals surface area (Å²) >= 11 is 15.8. The molecule has 2 rings (SSSR count). The quantitative estimate of drug-likeness (QED) is 0.784. The van der Waals surface area contributed by atoms with E-state index in [9.17, 15) is 0 Å². The van der Waals surface area contributed by atoms with E-state index in [-0.39, 0.29) is 0 Å². The summed E-state index contributed by atoms with van der Waals surface area (Å²) in [5.74, 6) is 0. The second-order valence-electron chi connectivity index (χ2n) is 2.60. The van der Waals surface area contributed by atoms with Crippen LogP contribution in [0.4, 0.5) is 0 Å². The lowest BCUT2D eigenvalue weighted by Crippen LogP contribution is -1.92. The van der Waals surface area contributed by atoms with Crippen LogP contribution in [0, 0.1) is 0 Å². The van der Waals surface area contributed by atoms with Crippen molar-refractivity contribution in [2.75, 3.05) is 0 Å². The predicted octanol–water partition coefficient (Wildman–Crippen LogP) is 2.86. The lowest BCUT2D eigenvalue weighted by Gasteiger charge is -2.03. The van der Waals surface area contributed by atoms with Gasteiger partial charge in [-0.15, -0.1) is 22.8 Å². The van der Waals surface area contributed by atoms with E-state index >= 15 is 0 Å². The van der Waals surface area contributed by atoms with E-state index in [2.05, 4.69) is 22.8 Å². The molecule has 0 bridgehead atoms. The second-order valence-corrected chi connectivity index (χ2v) is 3.81. The maximum absolute atomic E-state index is 5.87. The molecule has 1 aromatic carbocycles. The fourth-order valence-corrected chi connectivity index (χ4v) is 1.56. The number of hydrogen-bond donors (Lipinski definition) is 1. The number of aromatic nitrogens is 3. The molecule has 0 N–H and O–H groups in total. The molecule has 0 saturated carbocycles. The SMILES string of the molecule is Sc1nncn1-c1ccc(Cl)c(Cl)c1. The zero-order valence-corrected chi connectivity index (χ0v) is 9.26. The zero-order valence-electron chi connectivity index (χ0n) is 6.85. The van der Waals surface area contributed by atoms with Gasteiger partial charge in [0.2, 0.25) is 0 Å². The highest BCUT2D eigenvalue weighted by atomic mass is 35.5. The van der Waals surface area contributed by atoms with Crippen LogP contribution in [0.5, 0.6) is 0 Å². The van der Waals surface area contributed by atoms with Crippen molar-refractivity contribution < 1.29 is 0 Å². The van der Waals surface area contributed by atoms with Crippen molar-refractivity contribution in [3.8, 4) is 5.69 Å². The first kappa shape index (κ1) is 9.83. The Morgan fingerprint density at radius 2 is 2.00 bits per heavy atom. The molecule has 0 radical (unpaired) electrons. The first-order valence-corrected chi connectivity index (χ1v) is 4.93. The second kappa shape index (κ2) is 3.81. The first-order chi connectivity index (χ1) is 6.68. The Balaban J connectivity index is 2.53. The van der Waals surface area contributed by atoms with Gasteiger partial charge >= 0.3 is 0 Å². The van der Waals surface area contributed by atoms with Gasteiger partial charge in [-0.2, -0.15) is 0 Å². The molecule has 0 atom stereocenters. The van der Waals surface area contributed by atoms with Crippen LogP contribution in [-0.2, 0) is 0 Å². The Hall–Kier alpha value is -0.710. The van der Waals surface area contributed by atoms with E-state index in [1.165, 1.54) is 0 Å². The van der Waals surface area contributed by atoms with Crippen molar-refractivity contribution in [1.82, 2.24) is 14.8 Å². The average Bonchev–Trinajstić information content (AvgIpc) is 2.57. The first-order valence-electron chi connectivity index (χ1n) is 3.73. The van der Waals surface area contributed by atoms with E-state index < -0.39 is 0 Å². The summed E-state index contributed by atoms with van der Waals surface area (Å²) in [6.45, 7) is 0. The molecule has 0 unspecified atom stereocenters. The molecule has 3 nitrogen and oxygen atoms in total. The maximum atomic E-state index is 5.87. The van der Waals surface area contributed by atoms with Gasteiger partial charge in [-0.25, -0.2) is 0 Å². The van der Waals surface area contributed by atoms with Gasteiger partial charge in [0.25, 0.3) is 0 Å². The zero-order chi connectivity index (χ0) is 10.1. The Bertz CT molecular complexity index is 469. The van der Waals surface area contributed by atoms with Crippen LogP contribution >= 0.6 is 35.8 Å². The average molecular weight is 246 g/mol. The van der Waals surface area contributed by atoms with E-state index in [4.69, 9.17) is 23.2 Å². The van der Waals surface area contributed by atoms with Crippen LogP contribution in [0.15, 0.2) is 29.7 Å². The summed E-state index contributed by atoms with van der Waals surface area (Å²) < 4.78 is 1.70. The molecule has 6 heteroatoms. The number of benzene rings is 1. The third-order valence-corrected chi connectivity index (χ3v) is 2.76. The number of hydrogen-bond acceptors (Lipinski definition) is 3. The van der Waals surface area contributed by atoms with Crippen molar-refractivity contribution in [2.24, 2.45) is 0 Å². The lowest BCUT2D eigenvalue weighted by molar-refractivity contribution is 0.890. The topological polar surface area (TPSA) is 30.7 Å². The number of halogens is 2. The number of nitrogens with zero attached hydrogens (tertiary/aromatic N) is 3. The molecule has 0 amide bonds. The lowest BCUT2D eigenvalue weighted by atomic mass is 10.3. The highest BCUT2D eigenvalue weighted by Crippen LogP contribution is 2.25. The van der Waals surface area contributed by atoms with Gasteiger partial charge in [0.1, 0.15) is 6.33 Å². The van der Waals surface area contributed by atoms with Crippen molar-refractivity contribution in [2.45, 2.75) is 5.16 Å². The molecule has 72 valence electrons. The molecular weight excluding hydrogens is 241 g/mol. The van der Waals surface area contributed by atoms with E-state index in [0.29, 0.717) is 15.2 Å². The van der Waals surface area contributed by atoms with E-state index in [1.807, 2.05) is 6.07 Å². The van der Waals surface area contributed by atoms with Gasteiger partial charge < -0.3 is 0 Å². The normalized spacial score (nSPS) is 10.5. The van der Waals surface area contributed by atoms with Gasteiger partial charge in [0.05, 0.1) is 15.7 Å². The van der Waals surface area contributed by atoms with Crippen LogP contribution in [0.1, 0.15) is 0 Å². The Morgan fingerprint density at radius 3 is 2.57 bits per heavy atom. The van der Waals surface area contributed by atoms with Crippen molar-refractivity contribution in [3.63, 3.8) is 0 Å². The van der Waals surface area contributed by atoms with Gasteiger partial charge in [0, 0.05) is 0 Å². The van der Waals surface area contributed by atoms with Crippen LogP contribution < -0.4 is 0 Å². The molecule has 0 saturated heterocycles. The Morgan fingerprint density at radius 1 is 1.21 bits per heavy atom. The monoisotopic (exact) mass is 245 g/mol. The molecule has 1 heterocycles. The van der Waals surface area contributed by atoms with Crippen LogP contribution in [0.2, 0.25) is 10.0 Å². The van der Waals surface area contributed by atoms with Crippen LogP contribution in [-0.4, -0.2) is 14.8 Å². The summed E-state index contributed by atoms with van der Waals surface area (Å²) in [7, 11) is 0. The van der Waals surface area contributed by atoms with Crippen LogP contribution in [0.25, 0.3) is 5.69 Å². The van der Waals surface area contributed by atoms with Gasteiger partial charge in [0.15, 0.2) is 5.16 Å². The minimum atomic E-state index is 0.491. The largest absolute Gasteiger partial charge is 0.277 e. The third-order valence-electron chi connectivity index (χ3n) is 1.71. The van der Waals surface area contributed by atoms with Gasteiger partial charge in [-0.3, -0.25) is 4.57 Å². The standard InChI is InChI=1S/C8H5Cl2N3S/c9-6-2-1-5(3-7(6)10)13-4-11-12-8(13)14/h1-4H,(H,12,14). The summed E-state index contributed by atoms with van der Waals surface area (Å²) in [5, 5.41) is 8.97. The molecule has 0 fully saturated rings. The van der Waals surface area contributed by atoms with E-state index in [0.717, 1.165) is 5.69 Å². The summed E-state index contributed by atoms with van der Waals surface area (Å²) in [6.07, 6.45) is 1.56. The molecule has 0 aliphatic rings. The Labute approximate surface area is 96.1 Å². The molecule has 0 aliphatic carbocycles. The molecule has 14 heavy (non-hydrogen) atoms. The minimum absolute atomic E-state index is 0.491. The van der Waals surface area contributed by atoms with E-state index in [1.54, 1.807) is 23.0 Å². The van der Waals surface area contributed by atoms with Gasteiger partial charge in [-0.05, 0) is 18.2 Å². The van der Waals surface area contributed by atoms with Crippen molar-refractivity contribution in [3.05, 3.63) is 34.6 Å². The summed E-state index contributed by atoms with van der Waals surface area (Å²) in [6, 6.07) is 5.26. The number of thiol groups is 1. The highest BCUT2D eigenvalue weighted by molar-refractivity contribution is 7.80. The fourth-order valence-electron chi connectivity index (χ4n) is 1.05. The van der Waals surface area contributed by atoms with Gasteiger partial charge in [-0.1, -0.05) is 23.2 Å².